The lowest BCUT2D eigenvalue weighted by atomic mass is 10.0. The Kier molecular flexibility index (Phi) is 5.70. The summed E-state index contributed by atoms with van der Waals surface area (Å²) in [6.45, 7) is 9.09. The molecule has 154 valence electrons. The van der Waals surface area contributed by atoms with Gasteiger partial charge in [0.2, 0.25) is 0 Å². The van der Waals surface area contributed by atoms with E-state index in [-0.39, 0.29) is 0 Å². The number of hydrogen-bond donors (Lipinski definition) is 0. The summed E-state index contributed by atoms with van der Waals surface area (Å²) in [5, 5.41) is 10.4. The molecule has 3 heterocycles. The SMILES string of the molecule is C=C(c1ccc(Cl)c(Cc2nc3c(C)cc(C#N)nc3n2C)c1Cl)N1CCOCC1. The number of fused-ring (bicyclic) bond motifs is 1. The van der Waals surface area contributed by atoms with Gasteiger partial charge in [-0.2, -0.15) is 5.26 Å². The number of ether oxygens (including phenoxy) is 1. The first-order chi connectivity index (χ1) is 14.4. The molecular formula is C22H21Cl2N5O. The lowest BCUT2D eigenvalue weighted by Gasteiger charge is -2.31. The number of aromatic nitrogens is 3. The molecule has 4 rings (SSSR count). The molecule has 3 aromatic rings. The summed E-state index contributed by atoms with van der Waals surface area (Å²) >= 11 is 13.3. The highest BCUT2D eigenvalue weighted by Gasteiger charge is 2.21. The predicted octanol–water partition coefficient (Wildman–Crippen LogP) is 4.35. The molecule has 2 aromatic heterocycles. The fraction of sp³-hybridized carbons (Fsp3) is 0.318. The highest BCUT2D eigenvalue weighted by molar-refractivity contribution is 6.37. The van der Waals surface area contributed by atoms with Crippen LogP contribution in [0.25, 0.3) is 16.9 Å². The van der Waals surface area contributed by atoms with Crippen molar-refractivity contribution in [2.45, 2.75) is 13.3 Å². The second kappa shape index (κ2) is 8.27. The number of imidazole rings is 1. The summed E-state index contributed by atoms with van der Waals surface area (Å²) in [6, 6.07) is 7.60. The van der Waals surface area contributed by atoms with E-state index in [4.69, 9.17) is 32.9 Å². The van der Waals surface area contributed by atoms with Crippen molar-refractivity contribution in [3.8, 4) is 6.07 Å². The molecule has 1 saturated heterocycles. The van der Waals surface area contributed by atoms with Gasteiger partial charge in [0.25, 0.3) is 0 Å². The van der Waals surface area contributed by atoms with Gasteiger partial charge in [0, 0.05) is 42.8 Å². The zero-order chi connectivity index (χ0) is 21.4. The number of nitriles is 1. The minimum absolute atomic E-state index is 0.370. The normalized spacial score (nSPS) is 14.2. The van der Waals surface area contributed by atoms with Crippen LogP contribution in [0.15, 0.2) is 24.8 Å². The van der Waals surface area contributed by atoms with Crippen LogP contribution in [-0.4, -0.2) is 45.7 Å². The first-order valence-electron chi connectivity index (χ1n) is 9.62. The number of halogens is 2. The van der Waals surface area contributed by atoms with E-state index in [0.717, 1.165) is 46.8 Å². The lowest BCUT2D eigenvalue weighted by Crippen LogP contribution is -2.34. The Morgan fingerprint density at radius 3 is 2.70 bits per heavy atom. The average molecular weight is 442 g/mol. The van der Waals surface area contributed by atoms with E-state index in [1.54, 1.807) is 6.07 Å². The second-order valence-corrected chi connectivity index (χ2v) is 8.09. The van der Waals surface area contributed by atoms with Crippen molar-refractivity contribution in [1.29, 1.82) is 5.26 Å². The molecule has 0 N–H and O–H groups in total. The quantitative estimate of drug-likeness (QED) is 0.601. The van der Waals surface area contributed by atoms with E-state index >= 15 is 0 Å². The van der Waals surface area contributed by atoms with Crippen molar-refractivity contribution in [3.05, 3.63) is 63.0 Å². The molecule has 1 fully saturated rings. The summed E-state index contributed by atoms with van der Waals surface area (Å²) in [5.74, 6) is 0.772. The van der Waals surface area contributed by atoms with Crippen LogP contribution in [0.5, 0.6) is 0 Å². The number of aryl methyl sites for hydroxylation is 2. The smallest absolute Gasteiger partial charge is 0.161 e. The van der Waals surface area contributed by atoms with Crippen LogP contribution in [0, 0.1) is 18.3 Å². The van der Waals surface area contributed by atoms with Crippen LogP contribution < -0.4 is 0 Å². The fourth-order valence-corrected chi connectivity index (χ4v) is 4.32. The maximum atomic E-state index is 9.22. The van der Waals surface area contributed by atoms with E-state index in [1.807, 2.05) is 30.7 Å². The Hall–Kier alpha value is -2.59. The summed E-state index contributed by atoms with van der Waals surface area (Å²) in [5.41, 5.74) is 5.23. The molecule has 0 aliphatic carbocycles. The molecular weight excluding hydrogens is 421 g/mol. The minimum Gasteiger partial charge on any atom is -0.378 e. The van der Waals surface area contributed by atoms with Gasteiger partial charge in [-0.3, -0.25) is 0 Å². The van der Waals surface area contributed by atoms with Crippen LogP contribution in [0.4, 0.5) is 0 Å². The highest BCUT2D eigenvalue weighted by atomic mass is 35.5. The van der Waals surface area contributed by atoms with Crippen LogP contribution in [0.2, 0.25) is 10.0 Å². The van der Waals surface area contributed by atoms with Crippen molar-refractivity contribution in [2.75, 3.05) is 26.3 Å². The van der Waals surface area contributed by atoms with E-state index < -0.39 is 0 Å². The minimum atomic E-state index is 0.370. The van der Waals surface area contributed by atoms with Gasteiger partial charge in [-0.1, -0.05) is 29.8 Å². The summed E-state index contributed by atoms with van der Waals surface area (Å²) in [6.07, 6.45) is 0.441. The molecule has 30 heavy (non-hydrogen) atoms. The molecule has 0 bridgehead atoms. The van der Waals surface area contributed by atoms with Crippen LogP contribution in [0.3, 0.4) is 0 Å². The van der Waals surface area contributed by atoms with Crippen molar-refractivity contribution < 1.29 is 4.74 Å². The number of benzene rings is 1. The third kappa shape index (κ3) is 3.65. The van der Waals surface area contributed by atoms with E-state index in [9.17, 15) is 5.26 Å². The highest BCUT2D eigenvalue weighted by Crippen LogP contribution is 2.35. The Morgan fingerprint density at radius 1 is 1.27 bits per heavy atom. The third-order valence-corrected chi connectivity index (χ3v) is 6.24. The molecule has 0 radical (unpaired) electrons. The molecule has 1 aromatic carbocycles. The van der Waals surface area contributed by atoms with Gasteiger partial charge in [-0.25, -0.2) is 9.97 Å². The zero-order valence-electron chi connectivity index (χ0n) is 16.9. The van der Waals surface area contributed by atoms with Gasteiger partial charge in [0.05, 0.1) is 18.2 Å². The number of rotatable bonds is 4. The first-order valence-corrected chi connectivity index (χ1v) is 10.4. The molecule has 0 unspecified atom stereocenters. The molecule has 6 nitrogen and oxygen atoms in total. The van der Waals surface area contributed by atoms with Gasteiger partial charge < -0.3 is 14.2 Å². The topological polar surface area (TPSA) is 67.0 Å². The summed E-state index contributed by atoms with van der Waals surface area (Å²) in [4.78, 5) is 11.3. The van der Waals surface area contributed by atoms with Gasteiger partial charge in [-0.05, 0) is 36.2 Å². The molecule has 0 spiro atoms. The van der Waals surface area contributed by atoms with Crippen molar-refractivity contribution >= 4 is 40.1 Å². The van der Waals surface area contributed by atoms with Gasteiger partial charge >= 0.3 is 0 Å². The van der Waals surface area contributed by atoms with E-state index in [2.05, 4.69) is 22.5 Å². The maximum absolute atomic E-state index is 9.22. The number of hydrogen-bond acceptors (Lipinski definition) is 5. The van der Waals surface area contributed by atoms with Gasteiger partial charge in [0.15, 0.2) is 5.65 Å². The fourth-order valence-electron chi connectivity index (χ4n) is 3.71. The Morgan fingerprint density at radius 2 is 2.00 bits per heavy atom. The third-order valence-electron chi connectivity index (χ3n) is 5.45. The largest absolute Gasteiger partial charge is 0.378 e. The van der Waals surface area contributed by atoms with Gasteiger partial charge in [0.1, 0.15) is 23.1 Å². The van der Waals surface area contributed by atoms with Crippen LogP contribution in [0.1, 0.15) is 28.2 Å². The Bertz CT molecular complexity index is 1190. The lowest BCUT2D eigenvalue weighted by molar-refractivity contribution is 0.0641. The van der Waals surface area contributed by atoms with E-state index in [0.29, 0.717) is 41.0 Å². The van der Waals surface area contributed by atoms with Crippen LogP contribution in [-0.2, 0) is 18.2 Å². The maximum Gasteiger partial charge on any atom is 0.161 e. The van der Waals surface area contributed by atoms with Crippen molar-refractivity contribution in [2.24, 2.45) is 7.05 Å². The first kappa shape index (κ1) is 20.7. The molecule has 0 saturated carbocycles. The Balaban J connectivity index is 1.73. The van der Waals surface area contributed by atoms with E-state index in [1.165, 1.54) is 0 Å². The summed E-state index contributed by atoms with van der Waals surface area (Å²) < 4.78 is 7.32. The van der Waals surface area contributed by atoms with Crippen LogP contribution >= 0.6 is 23.2 Å². The molecule has 1 aliphatic rings. The molecule has 0 atom stereocenters. The number of nitrogens with zero attached hydrogens (tertiary/aromatic N) is 5. The average Bonchev–Trinajstić information content (AvgIpc) is 3.07. The molecule has 8 heteroatoms. The molecule has 0 amide bonds. The van der Waals surface area contributed by atoms with Gasteiger partial charge in [-0.15, -0.1) is 0 Å². The van der Waals surface area contributed by atoms with Crippen molar-refractivity contribution in [3.63, 3.8) is 0 Å². The molecule has 1 aliphatic heterocycles. The predicted molar refractivity (Wildman–Crippen MR) is 119 cm³/mol. The monoisotopic (exact) mass is 441 g/mol. The number of pyridine rings is 1. The second-order valence-electron chi connectivity index (χ2n) is 7.31. The Labute approximate surface area is 185 Å². The standard InChI is InChI=1S/C22H21Cl2N5O/c1-13-10-15(12-25)26-22-21(13)27-19(28(22)3)11-17-18(23)5-4-16(20(17)24)14(2)29-6-8-30-9-7-29/h4-5,10H,2,6-9,11H2,1,3H3. The zero-order valence-corrected chi connectivity index (χ0v) is 18.4. The summed E-state index contributed by atoms with van der Waals surface area (Å²) in [7, 11) is 1.89. The number of morpholine rings is 1. The van der Waals surface area contributed by atoms with Crippen molar-refractivity contribution in [1.82, 2.24) is 19.4 Å².